The summed E-state index contributed by atoms with van der Waals surface area (Å²) in [4.78, 5) is 0. The summed E-state index contributed by atoms with van der Waals surface area (Å²) in [5, 5.41) is 7.54. The van der Waals surface area contributed by atoms with Crippen molar-refractivity contribution in [3.05, 3.63) is 0 Å². The van der Waals surface area contributed by atoms with Gasteiger partial charge in [-0.2, -0.15) is 0 Å². The molecule has 5 heavy (non-hydrogen) atoms. The molecule has 0 aliphatic heterocycles. The van der Waals surface area contributed by atoms with Crippen molar-refractivity contribution in [2.75, 3.05) is 0 Å². The van der Waals surface area contributed by atoms with Gasteiger partial charge < -0.3 is 4.18 Å². The van der Waals surface area contributed by atoms with Crippen LogP contribution in [0.1, 0.15) is 0 Å². The molecule has 0 rings (SSSR count). The van der Waals surface area contributed by atoms with Gasteiger partial charge in [0.2, 0.25) is 0 Å². The Hall–Kier alpha value is 0.120. The maximum absolute atomic E-state index is 7.54. The van der Waals surface area contributed by atoms with E-state index in [4.69, 9.17) is 5.26 Å². The Morgan fingerprint density at radius 1 is 2.00 bits per heavy atom. The van der Waals surface area contributed by atoms with Crippen LogP contribution in [0.4, 0.5) is 0 Å². The summed E-state index contributed by atoms with van der Waals surface area (Å²) < 4.78 is 3.97. The second kappa shape index (κ2) is 4.12. The van der Waals surface area contributed by atoms with Gasteiger partial charge in [-0.15, -0.1) is 5.26 Å². The quantitative estimate of drug-likeness (QED) is 0.423. The largest absolute Gasteiger partial charge is 0.340 e. The van der Waals surface area contributed by atoms with E-state index in [2.05, 4.69) is 19.0 Å². The maximum atomic E-state index is 7.54. The molecule has 0 aliphatic carbocycles. The van der Waals surface area contributed by atoms with E-state index in [0.717, 1.165) is 10.5 Å². The third kappa shape index (κ3) is 4.12. The van der Waals surface area contributed by atoms with Crippen LogP contribution >= 0.6 is 25.3 Å². The highest BCUT2D eigenvalue weighted by molar-refractivity contribution is 9.49. The predicted octanol–water partition coefficient (Wildman–Crippen LogP) is 1.44. The van der Waals surface area contributed by atoms with Crippen molar-refractivity contribution in [2.24, 2.45) is 0 Å². The molecule has 0 bridgehead atoms. The second-order valence-corrected chi connectivity index (χ2v) is 1.32. The minimum absolute atomic E-state index is 0.853. The van der Waals surface area contributed by atoms with Crippen LogP contribution in [0.15, 0.2) is 0 Å². The molecule has 0 saturated carbocycles. The van der Waals surface area contributed by atoms with E-state index >= 15 is 0 Å². The fraction of sp³-hybridized carbons (Fsp3) is 0. The van der Waals surface area contributed by atoms with Crippen molar-refractivity contribution < 1.29 is 4.18 Å². The molecule has 0 atom stereocenters. The molecule has 0 unspecified atom stereocenters. The first-order chi connectivity index (χ1) is 2.41. The predicted molar refractivity (Wildman–Crippen MR) is 23.2 cm³/mol. The van der Waals surface area contributed by atoms with Gasteiger partial charge in [0, 0.05) is 14.8 Å². The van der Waals surface area contributed by atoms with Gasteiger partial charge in [-0.25, -0.2) is 0 Å². The number of rotatable bonds is 1. The van der Waals surface area contributed by atoms with Crippen molar-refractivity contribution in [1.82, 2.24) is 0 Å². The van der Waals surface area contributed by atoms with Gasteiger partial charge in [0.25, 0.3) is 0 Å². The Kier molecular flexibility index (Phi) is 4.22. The van der Waals surface area contributed by atoms with E-state index in [1.165, 1.54) is 6.26 Å². The minimum Gasteiger partial charge on any atom is -0.340 e. The molecule has 0 radical (unpaired) electrons. The molecule has 0 aliphatic rings. The van der Waals surface area contributed by atoms with Gasteiger partial charge in [0.15, 0.2) is 10.5 Å². The lowest BCUT2D eigenvalue weighted by atomic mass is 11.6. The summed E-state index contributed by atoms with van der Waals surface area (Å²) >= 11 is 2.78. The van der Waals surface area contributed by atoms with Gasteiger partial charge in [0.1, 0.15) is 0 Å². The number of hydrogen-bond donors (Lipinski definition) is 0. The zero-order valence-corrected chi connectivity index (χ0v) is 4.54. The van der Waals surface area contributed by atoms with Crippen LogP contribution in [0.2, 0.25) is 0 Å². The van der Waals surface area contributed by atoms with E-state index in [1.807, 2.05) is 0 Å². The van der Waals surface area contributed by atoms with Crippen molar-refractivity contribution in [2.45, 2.75) is 0 Å². The topological polar surface area (TPSA) is 33.0 Å². The number of halogens is 1. The molecule has 0 aromatic rings. The van der Waals surface area contributed by atoms with Crippen molar-refractivity contribution in [1.29, 1.82) is 5.26 Å². The fourth-order valence-corrected chi connectivity index (χ4v) is 0.220. The van der Waals surface area contributed by atoms with Crippen LogP contribution < -0.4 is 0 Å². The van der Waals surface area contributed by atoms with Crippen LogP contribution in [-0.2, 0) is 4.18 Å². The highest BCUT2D eigenvalue weighted by atomic mass is 79.9. The molecular formula is CBrNOS. The lowest BCUT2D eigenvalue weighted by molar-refractivity contribution is 0.605. The second-order valence-electron chi connectivity index (χ2n) is 0.238. The Bertz CT molecular complexity index is 50.1. The van der Waals surface area contributed by atoms with E-state index in [1.54, 1.807) is 0 Å². The summed E-state index contributed by atoms with van der Waals surface area (Å²) in [7, 11) is 0.853. The Morgan fingerprint density at radius 2 is 2.60 bits per heavy atom. The zero-order chi connectivity index (χ0) is 4.12. The van der Waals surface area contributed by atoms with E-state index < -0.39 is 0 Å². The molecule has 4 heteroatoms. The normalized spacial score (nSPS) is 5.60. The van der Waals surface area contributed by atoms with Crippen LogP contribution in [0.25, 0.3) is 0 Å². The van der Waals surface area contributed by atoms with Gasteiger partial charge in [-0.3, -0.25) is 0 Å². The van der Waals surface area contributed by atoms with Gasteiger partial charge in [-0.05, 0) is 0 Å². The molecule has 28 valence electrons. The standard InChI is InChI=1S/CBrNOS/c2-5-4-1-3. The lowest BCUT2D eigenvalue weighted by Gasteiger charge is -1.69. The van der Waals surface area contributed by atoms with Crippen LogP contribution in [0.3, 0.4) is 0 Å². The third-order valence-corrected chi connectivity index (χ3v) is 0.603. The Morgan fingerprint density at radius 3 is 2.60 bits per heavy atom. The highest BCUT2D eigenvalue weighted by Crippen LogP contribution is 2.08. The molecule has 0 N–H and O–H groups in total. The smallest absolute Gasteiger partial charge is 0.300 e. The highest BCUT2D eigenvalue weighted by Gasteiger charge is 1.65. The lowest BCUT2D eigenvalue weighted by Crippen LogP contribution is -1.47. The summed E-state index contributed by atoms with van der Waals surface area (Å²) in [6.45, 7) is 0. The number of nitrogens with zero attached hydrogens (tertiary/aromatic N) is 1. The average Bonchev–Trinajstić information content (AvgIpc) is 1.41. The van der Waals surface area contributed by atoms with Crippen molar-refractivity contribution >= 4 is 25.3 Å². The maximum Gasteiger partial charge on any atom is 0.300 e. The summed E-state index contributed by atoms with van der Waals surface area (Å²) in [6.07, 6.45) is 1.43. The van der Waals surface area contributed by atoms with Gasteiger partial charge in [0.05, 0.1) is 0 Å². The molecule has 0 amide bonds. The van der Waals surface area contributed by atoms with Crippen LogP contribution in [-0.4, -0.2) is 0 Å². The van der Waals surface area contributed by atoms with Crippen molar-refractivity contribution in [3.63, 3.8) is 0 Å². The molecular weight excluding hydrogens is 154 g/mol. The van der Waals surface area contributed by atoms with Crippen molar-refractivity contribution in [3.8, 4) is 6.26 Å². The monoisotopic (exact) mass is 153 g/mol. The number of nitriles is 1. The van der Waals surface area contributed by atoms with E-state index in [0.29, 0.717) is 0 Å². The first-order valence-electron chi connectivity index (χ1n) is 0.749. The summed E-state index contributed by atoms with van der Waals surface area (Å²) in [5.74, 6) is 0. The SMILES string of the molecule is N#COSBr. The summed E-state index contributed by atoms with van der Waals surface area (Å²) in [5.41, 5.74) is 0. The fourth-order valence-electron chi connectivity index (χ4n) is 0.0141. The molecule has 0 aromatic carbocycles. The first-order valence-corrected chi connectivity index (χ1v) is 3.33. The van der Waals surface area contributed by atoms with E-state index in [9.17, 15) is 0 Å². The Labute approximate surface area is 41.5 Å². The average molecular weight is 154 g/mol. The van der Waals surface area contributed by atoms with Gasteiger partial charge >= 0.3 is 6.26 Å². The summed E-state index contributed by atoms with van der Waals surface area (Å²) in [6, 6.07) is 0. The molecule has 2 nitrogen and oxygen atoms in total. The first kappa shape index (κ1) is 5.12. The molecule has 0 fully saturated rings. The Balaban J connectivity index is 2.48. The van der Waals surface area contributed by atoms with Crippen LogP contribution in [0.5, 0.6) is 0 Å². The third-order valence-electron chi connectivity index (χ3n) is 0.0688. The molecule has 0 saturated heterocycles. The van der Waals surface area contributed by atoms with Crippen LogP contribution in [0, 0.1) is 11.5 Å². The zero-order valence-electron chi connectivity index (χ0n) is 2.14. The molecule has 0 aromatic heterocycles. The number of hydrogen-bond acceptors (Lipinski definition) is 3. The van der Waals surface area contributed by atoms with Gasteiger partial charge in [-0.1, -0.05) is 0 Å². The van der Waals surface area contributed by atoms with E-state index in [-0.39, 0.29) is 0 Å². The minimum atomic E-state index is 0.853. The molecule has 0 heterocycles. The molecule has 0 spiro atoms.